The fourth-order valence-corrected chi connectivity index (χ4v) is 4.66. The Balaban J connectivity index is 1.32. The van der Waals surface area contributed by atoms with Gasteiger partial charge in [0, 0.05) is 23.2 Å². The number of nitrogens with zero attached hydrogens (tertiary/aromatic N) is 5. The smallest absolute Gasteiger partial charge is 0.257 e. The zero-order valence-electron chi connectivity index (χ0n) is 17.3. The Hall–Kier alpha value is -3.37. The Morgan fingerprint density at radius 2 is 2.06 bits per heavy atom. The molecule has 2 aromatic carbocycles. The van der Waals surface area contributed by atoms with Gasteiger partial charge in [0.2, 0.25) is 5.91 Å². The average Bonchev–Trinajstić information content (AvgIpc) is 3.21. The van der Waals surface area contributed by atoms with E-state index in [1.807, 2.05) is 0 Å². The molecule has 2 fully saturated rings. The molecule has 4 atom stereocenters. The molecular weight excluding hydrogens is 451 g/mol. The summed E-state index contributed by atoms with van der Waals surface area (Å²) in [4.78, 5) is 27.5. The molecule has 3 aromatic rings. The first kappa shape index (κ1) is 21.5. The number of amides is 2. The van der Waals surface area contributed by atoms with Crippen LogP contribution in [0.2, 0.25) is 5.02 Å². The number of tetrazole rings is 1. The van der Waals surface area contributed by atoms with E-state index in [0.717, 1.165) is 6.42 Å². The summed E-state index contributed by atoms with van der Waals surface area (Å²) >= 11 is 6.13. The van der Waals surface area contributed by atoms with Crippen LogP contribution in [0.25, 0.3) is 5.69 Å². The summed E-state index contributed by atoms with van der Waals surface area (Å²) in [5, 5.41) is 25.0. The summed E-state index contributed by atoms with van der Waals surface area (Å²) in [5.41, 5.74) is 1.24. The molecule has 2 amide bonds. The molecule has 1 saturated heterocycles. The Morgan fingerprint density at radius 3 is 2.82 bits per heavy atom. The van der Waals surface area contributed by atoms with Crippen LogP contribution in [0.5, 0.6) is 0 Å². The molecule has 33 heavy (non-hydrogen) atoms. The molecule has 0 spiro atoms. The van der Waals surface area contributed by atoms with Gasteiger partial charge in [-0.2, -0.15) is 0 Å². The normalized spacial score (nSPS) is 22.0. The predicted octanol–water partition coefficient (Wildman–Crippen LogP) is 1.79. The third kappa shape index (κ3) is 4.07. The van der Waals surface area contributed by atoms with Gasteiger partial charge in [0.15, 0.2) is 6.10 Å². The van der Waals surface area contributed by atoms with Crippen molar-refractivity contribution in [3.8, 4) is 5.69 Å². The predicted molar refractivity (Wildman–Crippen MR) is 115 cm³/mol. The number of carbonyl (C=O) groups is 2. The highest BCUT2D eigenvalue weighted by Crippen LogP contribution is 2.48. The second kappa shape index (κ2) is 8.53. The van der Waals surface area contributed by atoms with Crippen LogP contribution >= 0.6 is 11.6 Å². The topological polar surface area (TPSA) is 113 Å². The van der Waals surface area contributed by atoms with Crippen LogP contribution < -0.4 is 5.32 Å². The van der Waals surface area contributed by atoms with Gasteiger partial charge >= 0.3 is 0 Å². The van der Waals surface area contributed by atoms with E-state index < -0.39 is 23.9 Å². The molecule has 0 radical (unpaired) electrons. The summed E-state index contributed by atoms with van der Waals surface area (Å²) in [6.07, 6.45) is 1.04. The molecule has 1 aromatic heterocycles. The molecule has 170 valence electrons. The van der Waals surface area contributed by atoms with Gasteiger partial charge in [0.25, 0.3) is 5.91 Å². The van der Waals surface area contributed by atoms with E-state index in [1.165, 1.54) is 34.1 Å². The van der Waals surface area contributed by atoms with Crippen LogP contribution in [0, 0.1) is 11.7 Å². The molecule has 1 aliphatic heterocycles. The zero-order chi connectivity index (χ0) is 23.1. The number of carbonyl (C=O) groups excluding carboxylic acids is 2. The van der Waals surface area contributed by atoms with Gasteiger partial charge in [-0.3, -0.25) is 9.59 Å². The van der Waals surface area contributed by atoms with Crippen molar-refractivity contribution in [2.24, 2.45) is 5.92 Å². The highest BCUT2D eigenvalue weighted by atomic mass is 35.5. The number of piperidine rings is 1. The van der Waals surface area contributed by atoms with Crippen molar-refractivity contribution in [3.05, 3.63) is 70.8 Å². The van der Waals surface area contributed by atoms with Gasteiger partial charge in [-0.05, 0) is 59.0 Å². The number of aliphatic hydroxyl groups is 1. The summed E-state index contributed by atoms with van der Waals surface area (Å²) in [5.74, 6) is -1.47. The van der Waals surface area contributed by atoms with Crippen LogP contribution in [0.3, 0.4) is 0 Å². The molecule has 5 rings (SSSR count). The van der Waals surface area contributed by atoms with E-state index in [2.05, 4.69) is 20.8 Å². The van der Waals surface area contributed by atoms with Gasteiger partial charge in [-0.15, -0.1) is 5.10 Å². The van der Waals surface area contributed by atoms with Crippen molar-refractivity contribution in [2.75, 3.05) is 0 Å². The number of aliphatic hydroxyl groups excluding tert-OH is 1. The Kier molecular flexibility index (Phi) is 5.55. The summed E-state index contributed by atoms with van der Waals surface area (Å²) in [6.45, 7) is 0.137. The minimum Gasteiger partial charge on any atom is -0.378 e. The first-order valence-corrected chi connectivity index (χ1v) is 10.9. The summed E-state index contributed by atoms with van der Waals surface area (Å²) in [6, 6.07) is 9.88. The van der Waals surface area contributed by atoms with Gasteiger partial charge in [-0.25, -0.2) is 9.07 Å². The van der Waals surface area contributed by atoms with Crippen LogP contribution in [-0.2, 0) is 16.1 Å². The highest BCUT2D eigenvalue weighted by Gasteiger charge is 2.56. The van der Waals surface area contributed by atoms with Crippen molar-refractivity contribution >= 4 is 23.4 Å². The summed E-state index contributed by atoms with van der Waals surface area (Å²) < 4.78 is 15.6. The first-order chi connectivity index (χ1) is 15.9. The number of fused-ring (bicyclic) bond motifs is 1. The number of nitrogens with one attached hydrogen (secondary N) is 1. The largest absolute Gasteiger partial charge is 0.378 e. The number of hydrogen-bond donors (Lipinski definition) is 2. The van der Waals surface area contributed by atoms with E-state index in [1.54, 1.807) is 24.3 Å². The third-order valence-electron chi connectivity index (χ3n) is 6.19. The second-order valence-electron chi connectivity index (χ2n) is 8.23. The molecule has 0 bridgehead atoms. The second-order valence-corrected chi connectivity index (χ2v) is 8.67. The quantitative estimate of drug-likeness (QED) is 0.568. The van der Waals surface area contributed by atoms with Crippen LogP contribution in [-0.4, -0.2) is 54.1 Å². The van der Waals surface area contributed by atoms with E-state index in [9.17, 15) is 19.1 Å². The maximum Gasteiger partial charge on any atom is 0.257 e. The molecule has 2 heterocycles. The highest BCUT2D eigenvalue weighted by molar-refractivity contribution is 6.30. The minimum absolute atomic E-state index is 0.101. The van der Waals surface area contributed by atoms with Crippen LogP contribution in [0.1, 0.15) is 30.1 Å². The molecule has 1 aliphatic carbocycles. The number of hydrogen-bond acceptors (Lipinski definition) is 6. The van der Waals surface area contributed by atoms with E-state index >= 15 is 0 Å². The van der Waals surface area contributed by atoms with Gasteiger partial charge < -0.3 is 15.3 Å². The molecule has 9 nitrogen and oxygen atoms in total. The molecule has 0 unspecified atom stereocenters. The van der Waals surface area contributed by atoms with Crippen molar-refractivity contribution in [3.63, 3.8) is 0 Å². The molecule has 2 aliphatic rings. The number of aromatic nitrogens is 4. The molecule has 1 saturated carbocycles. The Labute approximate surface area is 193 Å². The van der Waals surface area contributed by atoms with Crippen molar-refractivity contribution in [2.45, 2.75) is 37.6 Å². The van der Waals surface area contributed by atoms with Crippen molar-refractivity contribution in [1.82, 2.24) is 30.4 Å². The lowest BCUT2D eigenvalue weighted by atomic mass is 10.1. The fraction of sp³-hybridized carbons (Fsp3) is 0.318. The molecule has 2 N–H and O–H groups in total. The van der Waals surface area contributed by atoms with Gasteiger partial charge in [0.05, 0.1) is 5.69 Å². The maximum atomic E-state index is 14.1. The number of likely N-dealkylation sites (tertiary alicyclic amines) is 1. The standard InChI is InChI=1S/C22H20ClFN6O3/c23-14-5-6-17(29-11-26-27-28-29)13(7-14)10-25-21(32)19-9-12-8-18(12)30(19)22(33)20(31)15-3-1-2-4-16(15)24/h1-7,11-12,18-20,31H,8-10H2,(H,25,32)/t12-,18-,19-,20+/m0/s1. The number of benzene rings is 2. The lowest BCUT2D eigenvalue weighted by molar-refractivity contribution is -0.147. The van der Waals surface area contributed by atoms with Crippen LogP contribution in [0.4, 0.5) is 4.39 Å². The monoisotopic (exact) mass is 470 g/mol. The van der Waals surface area contributed by atoms with Crippen molar-refractivity contribution < 1.29 is 19.1 Å². The lowest BCUT2D eigenvalue weighted by Gasteiger charge is -2.29. The average molecular weight is 471 g/mol. The van der Waals surface area contributed by atoms with E-state index in [-0.39, 0.29) is 30.0 Å². The Morgan fingerprint density at radius 1 is 1.24 bits per heavy atom. The molecular formula is C22H20ClFN6O3. The van der Waals surface area contributed by atoms with E-state index in [4.69, 9.17) is 11.6 Å². The zero-order valence-corrected chi connectivity index (χ0v) is 18.1. The van der Waals surface area contributed by atoms with Crippen LogP contribution in [0.15, 0.2) is 48.8 Å². The number of rotatable bonds is 6. The fourth-order valence-electron chi connectivity index (χ4n) is 4.47. The summed E-state index contributed by atoms with van der Waals surface area (Å²) in [7, 11) is 0. The van der Waals surface area contributed by atoms with E-state index in [0.29, 0.717) is 22.7 Å². The minimum atomic E-state index is -1.67. The lowest BCUT2D eigenvalue weighted by Crippen LogP contribution is -2.49. The molecule has 11 heteroatoms. The maximum absolute atomic E-state index is 14.1. The third-order valence-corrected chi connectivity index (χ3v) is 6.42. The Bertz CT molecular complexity index is 1210. The first-order valence-electron chi connectivity index (χ1n) is 10.5. The number of halogens is 2. The van der Waals surface area contributed by atoms with Crippen molar-refractivity contribution in [1.29, 1.82) is 0 Å². The van der Waals surface area contributed by atoms with Gasteiger partial charge in [0.1, 0.15) is 18.2 Å². The SMILES string of the molecule is O=C(NCc1cc(Cl)ccc1-n1cnnn1)[C@@H]1C[C@@H]2C[C@@H]2N1C(=O)[C@H](O)c1ccccc1F. The van der Waals surface area contributed by atoms with Gasteiger partial charge in [-0.1, -0.05) is 29.8 Å².